The molecule has 44 heavy (non-hydrogen) atoms. The van der Waals surface area contributed by atoms with Crippen LogP contribution in [0, 0.1) is 27.7 Å². The van der Waals surface area contributed by atoms with Crippen LogP contribution < -0.4 is 9.62 Å². The molecule has 0 aliphatic heterocycles. The Bertz CT molecular complexity index is 1700. The molecule has 1 atom stereocenters. The Labute approximate surface area is 261 Å². The van der Waals surface area contributed by atoms with E-state index in [9.17, 15) is 18.0 Å². The summed E-state index contributed by atoms with van der Waals surface area (Å²) >= 11 is 0. The standard InChI is InChI=1S/C36H41N3O4S/c1-6-37-36(41)34(23-30-15-8-7-9-16-30)38(24-31-17-11-10-13-28(31)4)35(40)25-39(33-18-12-14-27(3)29(33)5)44(42,43)32-21-19-26(2)20-22-32/h7-22,34H,6,23-25H2,1-5H3,(H,37,41). The lowest BCUT2D eigenvalue weighted by atomic mass is 10.0. The van der Waals surface area contributed by atoms with E-state index < -0.39 is 28.5 Å². The number of hydrogen-bond acceptors (Lipinski definition) is 4. The number of aryl methyl sites for hydroxylation is 3. The lowest BCUT2D eigenvalue weighted by molar-refractivity contribution is -0.140. The van der Waals surface area contributed by atoms with Gasteiger partial charge >= 0.3 is 0 Å². The maximum Gasteiger partial charge on any atom is 0.264 e. The maximum absolute atomic E-state index is 14.6. The molecule has 0 heterocycles. The Morgan fingerprint density at radius 3 is 2.07 bits per heavy atom. The summed E-state index contributed by atoms with van der Waals surface area (Å²) in [6, 6.07) is 28.4. The number of carbonyl (C=O) groups excluding carboxylic acids is 2. The first-order valence-corrected chi connectivity index (χ1v) is 16.3. The number of nitrogens with zero attached hydrogens (tertiary/aromatic N) is 2. The van der Waals surface area contributed by atoms with Crippen molar-refractivity contribution in [1.82, 2.24) is 10.2 Å². The molecule has 1 N–H and O–H groups in total. The molecule has 4 aromatic carbocycles. The van der Waals surface area contributed by atoms with E-state index in [2.05, 4.69) is 5.32 Å². The number of rotatable bonds is 12. The molecule has 2 amide bonds. The molecule has 0 fully saturated rings. The summed E-state index contributed by atoms with van der Waals surface area (Å²) < 4.78 is 29.7. The van der Waals surface area contributed by atoms with Gasteiger partial charge in [0.05, 0.1) is 10.6 Å². The van der Waals surface area contributed by atoms with Gasteiger partial charge < -0.3 is 10.2 Å². The molecule has 0 aromatic heterocycles. The summed E-state index contributed by atoms with van der Waals surface area (Å²) in [6.07, 6.45) is 0.276. The number of sulfonamides is 1. The first kappa shape index (κ1) is 32.5. The van der Waals surface area contributed by atoms with Crippen LogP contribution in [-0.2, 0) is 32.6 Å². The molecule has 0 saturated heterocycles. The highest BCUT2D eigenvalue weighted by Gasteiger charge is 2.35. The molecular weight excluding hydrogens is 570 g/mol. The second-order valence-electron chi connectivity index (χ2n) is 11.1. The van der Waals surface area contributed by atoms with Gasteiger partial charge in [-0.15, -0.1) is 0 Å². The van der Waals surface area contributed by atoms with Crippen LogP contribution in [0.2, 0.25) is 0 Å². The lowest BCUT2D eigenvalue weighted by Crippen LogP contribution is -2.53. The first-order valence-electron chi connectivity index (χ1n) is 14.8. The number of amides is 2. The summed E-state index contributed by atoms with van der Waals surface area (Å²) in [5.41, 5.74) is 5.75. The summed E-state index contributed by atoms with van der Waals surface area (Å²) in [4.78, 5) is 29.8. The van der Waals surface area contributed by atoms with Crippen molar-refractivity contribution in [3.05, 3.63) is 130 Å². The van der Waals surface area contributed by atoms with Crippen molar-refractivity contribution in [1.29, 1.82) is 0 Å². The molecule has 0 bridgehead atoms. The van der Waals surface area contributed by atoms with Gasteiger partial charge in [0.2, 0.25) is 11.8 Å². The van der Waals surface area contributed by atoms with Crippen LogP contribution in [0.5, 0.6) is 0 Å². The Hall–Kier alpha value is -4.43. The minimum Gasteiger partial charge on any atom is -0.355 e. The summed E-state index contributed by atoms with van der Waals surface area (Å²) in [5, 5.41) is 2.90. The maximum atomic E-state index is 14.6. The van der Waals surface area contributed by atoms with Crippen molar-refractivity contribution in [2.45, 2.75) is 58.5 Å². The molecule has 230 valence electrons. The number of carbonyl (C=O) groups is 2. The van der Waals surface area contributed by atoms with Gasteiger partial charge in [-0.1, -0.05) is 84.4 Å². The van der Waals surface area contributed by atoms with Crippen LogP contribution in [0.25, 0.3) is 0 Å². The first-order chi connectivity index (χ1) is 21.0. The average molecular weight is 612 g/mol. The fraction of sp³-hybridized carbons (Fsp3) is 0.278. The van der Waals surface area contributed by atoms with Crippen LogP contribution in [-0.4, -0.2) is 44.3 Å². The zero-order valence-corrected chi connectivity index (χ0v) is 26.9. The zero-order valence-electron chi connectivity index (χ0n) is 26.1. The third kappa shape index (κ3) is 7.55. The third-order valence-corrected chi connectivity index (χ3v) is 9.73. The van der Waals surface area contributed by atoms with Crippen LogP contribution in [0.15, 0.2) is 102 Å². The van der Waals surface area contributed by atoms with Gasteiger partial charge in [0.15, 0.2) is 0 Å². The van der Waals surface area contributed by atoms with E-state index in [-0.39, 0.29) is 23.8 Å². The molecule has 0 saturated carbocycles. The van der Waals surface area contributed by atoms with Gasteiger partial charge in [-0.3, -0.25) is 13.9 Å². The minimum atomic E-state index is -4.15. The number of nitrogens with one attached hydrogen (secondary N) is 1. The van der Waals surface area contributed by atoms with E-state index in [0.29, 0.717) is 12.2 Å². The van der Waals surface area contributed by atoms with Gasteiger partial charge in [-0.2, -0.15) is 0 Å². The Kier molecular flexibility index (Phi) is 10.6. The van der Waals surface area contributed by atoms with Gasteiger partial charge in [0.25, 0.3) is 10.0 Å². The molecular formula is C36H41N3O4S. The van der Waals surface area contributed by atoms with E-state index in [1.807, 2.05) is 95.3 Å². The van der Waals surface area contributed by atoms with Crippen molar-refractivity contribution in [3.8, 4) is 0 Å². The topological polar surface area (TPSA) is 86.8 Å². The Morgan fingerprint density at radius 2 is 1.41 bits per heavy atom. The van der Waals surface area contributed by atoms with Crippen LogP contribution in [0.3, 0.4) is 0 Å². The van der Waals surface area contributed by atoms with Crippen LogP contribution in [0.4, 0.5) is 5.69 Å². The van der Waals surface area contributed by atoms with Crippen molar-refractivity contribution in [2.75, 3.05) is 17.4 Å². The van der Waals surface area contributed by atoms with Crippen LogP contribution >= 0.6 is 0 Å². The van der Waals surface area contributed by atoms with Gasteiger partial charge in [-0.25, -0.2) is 8.42 Å². The van der Waals surface area contributed by atoms with Gasteiger partial charge in [0, 0.05) is 19.5 Å². The summed E-state index contributed by atoms with van der Waals surface area (Å²) in [6.45, 7) is 9.51. The fourth-order valence-corrected chi connectivity index (χ4v) is 6.65. The second kappa shape index (κ2) is 14.4. The largest absolute Gasteiger partial charge is 0.355 e. The molecule has 4 aromatic rings. The molecule has 0 aliphatic carbocycles. The molecule has 8 heteroatoms. The highest BCUT2D eigenvalue weighted by Crippen LogP contribution is 2.29. The molecule has 0 spiro atoms. The fourth-order valence-electron chi connectivity index (χ4n) is 5.17. The molecule has 1 unspecified atom stereocenters. The third-order valence-electron chi connectivity index (χ3n) is 7.96. The van der Waals surface area contributed by atoms with Gasteiger partial charge in [-0.05, 0) is 80.6 Å². The number of benzene rings is 4. The van der Waals surface area contributed by atoms with E-state index >= 15 is 0 Å². The Balaban J connectivity index is 1.84. The quantitative estimate of drug-likeness (QED) is 0.216. The minimum absolute atomic E-state index is 0.0896. The van der Waals surface area contributed by atoms with Crippen LogP contribution in [0.1, 0.15) is 40.3 Å². The normalized spacial score (nSPS) is 11.9. The van der Waals surface area contributed by atoms with E-state index in [1.165, 1.54) is 9.21 Å². The Morgan fingerprint density at radius 1 is 0.773 bits per heavy atom. The average Bonchev–Trinajstić information content (AvgIpc) is 3.01. The predicted octanol–water partition coefficient (Wildman–Crippen LogP) is 5.89. The highest BCUT2D eigenvalue weighted by molar-refractivity contribution is 7.92. The predicted molar refractivity (Wildman–Crippen MR) is 176 cm³/mol. The summed E-state index contributed by atoms with van der Waals surface area (Å²) in [7, 11) is -4.15. The number of hydrogen-bond donors (Lipinski definition) is 1. The molecule has 7 nitrogen and oxygen atoms in total. The zero-order chi connectivity index (χ0) is 31.9. The highest BCUT2D eigenvalue weighted by atomic mass is 32.2. The smallest absolute Gasteiger partial charge is 0.264 e. The van der Waals surface area contributed by atoms with E-state index in [0.717, 1.165) is 33.4 Å². The van der Waals surface area contributed by atoms with Crippen molar-refractivity contribution in [3.63, 3.8) is 0 Å². The van der Waals surface area contributed by atoms with Crippen molar-refractivity contribution < 1.29 is 18.0 Å². The molecule has 0 aliphatic rings. The SMILES string of the molecule is CCNC(=O)C(Cc1ccccc1)N(Cc1ccccc1C)C(=O)CN(c1cccc(C)c1C)S(=O)(=O)c1ccc(C)cc1. The second-order valence-corrected chi connectivity index (χ2v) is 13.0. The molecule has 0 radical (unpaired) electrons. The van der Waals surface area contributed by atoms with E-state index in [4.69, 9.17) is 0 Å². The van der Waals surface area contributed by atoms with E-state index in [1.54, 1.807) is 36.4 Å². The number of likely N-dealkylation sites (N-methyl/N-ethyl adjacent to an activating group) is 1. The van der Waals surface area contributed by atoms with Crippen molar-refractivity contribution in [2.24, 2.45) is 0 Å². The summed E-state index contributed by atoms with van der Waals surface area (Å²) in [5.74, 6) is -0.769. The van der Waals surface area contributed by atoms with Crippen molar-refractivity contribution >= 4 is 27.5 Å². The monoisotopic (exact) mass is 611 g/mol. The lowest BCUT2D eigenvalue weighted by Gasteiger charge is -2.34. The van der Waals surface area contributed by atoms with Gasteiger partial charge in [0.1, 0.15) is 12.6 Å². The molecule has 4 rings (SSSR count). The number of anilines is 1.